The fraction of sp³-hybridized carbons (Fsp3) is 0.571. The summed E-state index contributed by atoms with van der Waals surface area (Å²) in [5, 5.41) is 10.2. The standard InChI is InChI=1S/C14H20O4/c1-4-14(9-16-2)8-12(15)11-6-5-10(17-3)7-13(11)18-14/h5-7,12,15H,4,8-9H2,1-3H3/t12-,14?/m1/s1. The number of aliphatic hydroxyl groups excluding tert-OH is 1. The highest BCUT2D eigenvalue weighted by Crippen LogP contribution is 2.42. The van der Waals surface area contributed by atoms with Gasteiger partial charge in [-0.25, -0.2) is 0 Å². The van der Waals surface area contributed by atoms with E-state index in [4.69, 9.17) is 14.2 Å². The molecule has 4 heteroatoms. The van der Waals surface area contributed by atoms with Gasteiger partial charge in [-0.1, -0.05) is 6.92 Å². The van der Waals surface area contributed by atoms with Crippen molar-refractivity contribution < 1.29 is 19.3 Å². The Hall–Kier alpha value is -1.26. The molecular formula is C14H20O4. The second-order valence-electron chi connectivity index (χ2n) is 4.70. The van der Waals surface area contributed by atoms with Gasteiger partial charge in [-0.3, -0.25) is 0 Å². The van der Waals surface area contributed by atoms with Gasteiger partial charge in [0.15, 0.2) is 0 Å². The molecule has 0 fully saturated rings. The zero-order valence-corrected chi connectivity index (χ0v) is 11.1. The molecule has 0 aromatic heterocycles. The molecule has 0 spiro atoms. The third-order valence-electron chi connectivity index (χ3n) is 3.52. The van der Waals surface area contributed by atoms with Crippen molar-refractivity contribution in [2.24, 2.45) is 0 Å². The summed E-state index contributed by atoms with van der Waals surface area (Å²) in [6.45, 7) is 2.51. The number of hydrogen-bond acceptors (Lipinski definition) is 4. The second kappa shape index (κ2) is 5.16. The third-order valence-corrected chi connectivity index (χ3v) is 3.52. The minimum absolute atomic E-state index is 0.451. The third kappa shape index (κ3) is 2.31. The Morgan fingerprint density at radius 2 is 2.22 bits per heavy atom. The molecule has 0 radical (unpaired) electrons. The molecule has 0 amide bonds. The molecule has 18 heavy (non-hydrogen) atoms. The van der Waals surface area contributed by atoms with Crippen molar-refractivity contribution in [2.45, 2.75) is 31.5 Å². The molecule has 0 bridgehead atoms. The van der Waals surface area contributed by atoms with Crippen LogP contribution in [0.5, 0.6) is 11.5 Å². The summed E-state index contributed by atoms with van der Waals surface area (Å²) in [6, 6.07) is 5.50. The van der Waals surface area contributed by atoms with Crippen molar-refractivity contribution in [1.82, 2.24) is 0 Å². The summed E-state index contributed by atoms with van der Waals surface area (Å²) in [5.74, 6) is 1.41. The first kappa shape index (κ1) is 13.2. The van der Waals surface area contributed by atoms with Gasteiger partial charge < -0.3 is 19.3 Å². The van der Waals surface area contributed by atoms with E-state index in [-0.39, 0.29) is 0 Å². The molecule has 1 aromatic carbocycles. The minimum Gasteiger partial charge on any atom is -0.497 e. The molecule has 0 saturated heterocycles. The van der Waals surface area contributed by atoms with Gasteiger partial charge in [0.2, 0.25) is 0 Å². The van der Waals surface area contributed by atoms with Gasteiger partial charge in [-0.2, -0.15) is 0 Å². The van der Waals surface area contributed by atoms with Crippen LogP contribution in [0.3, 0.4) is 0 Å². The molecule has 2 atom stereocenters. The Bertz CT molecular complexity index is 418. The summed E-state index contributed by atoms with van der Waals surface area (Å²) in [6.07, 6.45) is 0.820. The summed E-state index contributed by atoms with van der Waals surface area (Å²) in [5.41, 5.74) is 0.365. The number of methoxy groups -OCH3 is 2. The lowest BCUT2D eigenvalue weighted by Gasteiger charge is -2.39. The normalized spacial score (nSPS) is 26.3. The molecule has 2 rings (SSSR count). The maximum atomic E-state index is 10.2. The molecule has 1 aliphatic rings. The first-order chi connectivity index (χ1) is 8.64. The predicted octanol–water partition coefficient (Wildman–Crippen LogP) is 2.31. The van der Waals surface area contributed by atoms with Crippen LogP contribution in [0.2, 0.25) is 0 Å². The van der Waals surface area contributed by atoms with Gasteiger partial charge in [-0.15, -0.1) is 0 Å². The van der Waals surface area contributed by atoms with E-state index in [1.54, 1.807) is 14.2 Å². The van der Waals surface area contributed by atoms with Crippen LogP contribution in [0.4, 0.5) is 0 Å². The molecule has 0 aliphatic carbocycles. The van der Waals surface area contributed by atoms with E-state index >= 15 is 0 Å². The first-order valence-electron chi connectivity index (χ1n) is 6.18. The molecule has 1 aromatic rings. The van der Waals surface area contributed by atoms with E-state index in [0.717, 1.165) is 17.7 Å². The zero-order chi connectivity index (χ0) is 13.2. The molecule has 1 heterocycles. The Balaban J connectivity index is 2.35. The van der Waals surface area contributed by atoms with Crippen molar-refractivity contribution >= 4 is 0 Å². The molecule has 4 nitrogen and oxygen atoms in total. The minimum atomic E-state index is -0.519. The fourth-order valence-corrected chi connectivity index (χ4v) is 2.41. The van der Waals surface area contributed by atoms with Gasteiger partial charge in [0.1, 0.15) is 17.1 Å². The van der Waals surface area contributed by atoms with Crippen LogP contribution in [-0.2, 0) is 4.74 Å². The molecule has 100 valence electrons. The number of hydrogen-bond donors (Lipinski definition) is 1. The summed E-state index contributed by atoms with van der Waals surface area (Å²) in [7, 11) is 3.26. The second-order valence-corrected chi connectivity index (χ2v) is 4.70. The smallest absolute Gasteiger partial charge is 0.135 e. The predicted molar refractivity (Wildman–Crippen MR) is 68.1 cm³/mol. The van der Waals surface area contributed by atoms with Crippen LogP contribution in [0.25, 0.3) is 0 Å². The average Bonchev–Trinajstić information content (AvgIpc) is 2.38. The van der Waals surface area contributed by atoms with Crippen LogP contribution >= 0.6 is 0 Å². The molecule has 0 saturated carbocycles. The van der Waals surface area contributed by atoms with Crippen LogP contribution < -0.4 is 9.47 Å². The maximum absolute atomic E-state index is 10.2. The van der Waals surface area contributed by atoms with Crippen LogP contribution in [-0.4, -0.2) is 31.5 Å². The Kier molecular flexibility index (Phi) is 3.78. The van der Waals surface area contributed by atoms with E-state index in [1.807, 2.05) is 25.1 Å². The highest BCUT2D eigenvalue weighted by molar-refractivity contribution is 5.44. The number of aliphatic hydroxyl groups is 1. The topological polar surface area (TPSA) is 47.9 Å². The van der Waals surface area contributed by atoms with Crippen molar-refractivity contribution in [3.8, 4) is 11.5 Å². The largest absolute Gasteiger partial charge is 0.497 e. The van der Waals surface area contributed by atoms with E-state index in [0.29, 0.717) is 18.8 Å². The fourth-order valence-electron chi connectivity index (χ4n) is 2.41. The number of ether oxygens (including phenoxy) is 3. The van der Waals surface area contributed by atoms with E-state index in [2.05, 4.69) is 0 Å². The SMILES string of the molecule is CCC1(COC)C[C@@H](O)c2ccc(OC)cc2O1. The van der Waals surface area contributed by atoms with E-state index in [1.165, 1.54) is 0 Å². The number of fused-ring (bicyclic) bond motifs is 1. The summed E-state index contributed by atoms with van der Waals surface area (Å²) in [4.78, 5) is 0. The number of benzene rings is 1. The highest BCUT2D eigenvalue weighted by Gasteiger charge is 2.39. The molecule has 1 aliphatic heterocycles. The van der Waals surface area contributed by atoms with Crippen molar-refractivity contribution in [3.05, 3.63) is 23.8 Å². The Morgan fingerprint density at radius 1 is 1.44 bits per heavy atom. The van der Waals surface area contributed by atoms with Gasteiger partial charge in [0.05, 0.1) is 19.8 Å². The molecule has 1 N–H and O–H groups in total. The number of rotatable bonds is 4. The molecule has 1 unspecified atom stereocenters. The van der Waals surface area contributed by atoms with Crippen LogP contribution in [0, 0.1) is 0 Å². The average molecular weight is 252 g/mol. The van der Waals surface area contributed by atoms with Crippen LogP contribution in [0.1, 0.15) is 31.4 Å². The lowest BCUT2D eigenvalue weighted by atomic mass is 9.87. The van der Waals surface area contributed by atoms with Crippen molar-refractivity contribution in [2.75, 3.05) is 20.8 Å². The van der Waals surface area contributed by atoms with Gasteiger partial charge in [0, 0.05) is 25.2 Å². The Labute approximate surface area is 107 Å². The maximum Gasteiger partial charge on any atom is 0.135 e. The lowest BCUT2D eigenvalue weighted by Crippen LogP contribution is -2.44. The lowest BCUT2D eigenvalue weighted by molar-refractivity contribution is -0.0627. The van der Waals surface area contributed by atoms with Crippen LogP contribution in [0.15, 0.2) is 18.2 Å². The van der Waals surface area contributed by atoms with Gasteiger partial charge in [0.25, 0.3) is 0 Å². The first-order valence-corrected chi connectivity index (χ1v) is 6.18. The van der Waals surface area contributed by atoms with Crippen molar-refractivity contribution in [3.63, 3.8) is 0 Å². The van der Waals surface area contributed by atoms with Gasteiger partial charge >= 0.3 is 0 Å². The van der Waals surface area contributed by atoms with Gasteiger partial charge in [-0.05, 0) is 18.6 Å². The Morgan fingerprint density at radius 3 is 2.83 bits per heavy atom. The summed E-state index contributed by atoms with van der Waals surface area (Å²) < 4.78 is 16.5. The van der Waals surface area contributed by atoms with E-state index < -0.39 is 11.7 Å². The highest BCUT2D eigenvalue weighted by atomic mass is 16.5. The zero-order valence-electron chi connectivity index (χ0n) is 11.1. The quantitative estimate of drug-likeness (QED) is 0.893. The van der Waals surface area contributed by atoms with E-state index in [9.17, 15) is 5.11 Å². The van der Waals surface area contributed by atoms with Crippen molar-refractivity contribution in [1.29, 1.82) is 0 Å². The monoisotopic (exact) mass is 252 g/mol. The summed E-state index contributed by atoms with van der Waals surface area (Å²) >= 11 is 0. The molecular weight excluding hydrogens is 232 g/mol.